The van der Waals surface area contributed by atoms with Crippen LogP contribution >= 0.6 is 0 Å². The zero-order valence-corrected chi connectivity index (χ0v) is 18.1. The van der Waals surface area contributed by atoms with Crippen LogP contribution in [0.2, 0.25) is 0 Å². The minimum absolute atomic E-state index is 0.0450. The van der Waals surface area contributed by atoms with Crippen molar-refractivity contribution in [2.24, 2.45) is 28.6 Å². The minimum Gasteiger partial charge on any atom is -0.462 e. The first kappa shape index (κ1) is 21.1. The second kappa shape index (κ2) is 6.94. The normalized spacial score (nSPS) is 51.4. The fourth-order valence-electron chi connectivity index (χ4n) is 7.92. The van der Waals surface area contributed by atoms with E-state index in [0.29, 0.717) is 30.6 Å². The summed E-state index contributed by atoms with van der Waals surface area (Å²) in [5.74, 6) is 0.491. The number of hydrogen-bond acceptors (Lipinski definition) is 6. The summed E-state index contributed by atoms with van der Waals surface area (Å²) >= 11 is 0. The number of carbonyl (C=O) groups excluding carboxylic acids is 2. The van der Waals surface area contributed by atoms with E-state index >= 15 is 0 Å². The van der Waals surface area contributed by atoms with Gasteiger partial charge in [0.15, 0.2) is 0 Å². The molecule has 4 fully saturated rings. The maximum Gasteiger partial charge on any atom is 0.302 e. The van der Waals surface area contributed by atoms with Crippen molar-refractivity contribution in [3.05, 3.63) is 0 Å². The van der Waals surface area contributed by atoms with Crippen molar-refractivity contribution in [1.82, 2.24) is 0 Å². The average Bonchev–Trinajstić information content (AvgIpc) is 2.93. The molecule has 0 aromatic carbocycles. The molecule has 164 valence electrons. The summed E-state index contributed by atoms with van der Waals surface area (Å²) in [6.07, 6.45) is 4.99. The van der Waals surface area contributed by atoms with Gasteiger partial charge in [-0.3, -0.25) is 9.59 Å². The molecule has 6 nitrogen and oxygen atoms in total. The standard InChI is InChI=1S/C23H36O6/c1-13(24)28-15-7-10-22(4)18-8-9-21(3)17(5-6-20(21)29-14(2)25)16(18)11-19(26)23(22,27)12-15/h15-20,26-27H,5-12H2,1-4H3/t15-,16+,17-,18-,19+,20+,21-,22-,23+/m1/s1. The van der Waals surface area contributed by atoms with Gasteiger partial charge in [0.2, 0.25) is 0 Å². The Labute approximate surface area is 173 Å². The van der Waals surface area contributed by atoms with Gasteiger partial charge >= 0.3 is 11.9 Å². The Hall–Kier alpha value is -1.14. The molecule has 0 amide bonds. The molecule has 4 saturated carbocycles. The van der Waals surface area contributed by atoms with Crippen LogP contribution in [0.15, 0.2) is 0 Å². The summed E-state index contributed by atoms with van der Waals surface area (Å²) in [6, 6.07) is 0. The van der Waals surface area contributed by atoms with Crippen LogP contribution in [0.4, 0.5) is 0 Å². The SMILES string of the molecule is CC(=O)O[C@@H]1CC[C@]2(C)[C@@H]3CC[C@@]4(C)[C@@H](OC(C)=O)CC[C@@H]4[C@@H]3C[C@H](O)[C@@]2(O)C1. The van der Waals surface area contributed by atoms with Gasteiger partial charge in [0, 0.05) is 31.1 Å². The summed E-state index contributed by atoms with van der Waals surface area (Å²) in [4.78, 5) is 23.0. The van der Waals surface area contributed by atoms with E-state index in [4.69, 9.17) is 9.47 Å². The summed E-state index contributed by atoms with van der Waals surface area (Å²) in [6.45, 7) is 7.27. The third kappa shape index (κ3) is 3.04. The van der Waals surface area contributed by atoms with E-state index in [-0.39, 0.29) is 29.6 Å². The van der Waals surface area contributed by atoms with Gasteiger partial charge in [-0.25, -0.2) is 0 Å². The van der Waals surface area contributed by atoms with Crippen molar-refractivity contribution >= 4 is 11.9 Å². The molecule has 0 radical (unpaired) electrons. The fourth-order valence-corrected chi connectivity index (χ4v) is 7.92. The van der Waals surface area contributed by atoms with E-state index in [1.54, 1.807) is 0 Å². The van der Waals surface area contributed by atoms with Gasteiger partial charge in [0.1, 0.15) is 12.2 Å². The first-order valence-electron chi connectivity index (χ1n) is 11.3. The molecule has 4 aliphatic rings. The van der Waals surface area contributed by atoms with Crippen molar-refractivity contribution in [1.29, 1.82) is 0 Å². The smallest absolute Gasteiger partial charge is 0.302 e. The number of hydrogen-bond donors (Lipinski definition) is 2. The Bertz CT molecular complexity index is 693. The topological polar surface area (TPSA) is 93.1 Å². The molecule has 6 heteroatoms. The van der Waals surface area contributed by atoms with Crippen LogP contribution in [-0.2, 0) is 19.1 Å². The van der Waals surface area contributed by atoms with Crippen molar-refractivity contribution in [2.45, 2.75) is 103 Å². The van der Waals surface area contributed by atoms with Gasteiger partial charge < -0.3 is 19.7 Å². The van der Waals surface area contributed by atoms with E-state index in [1.165, 1.54) is 13.8 Å². The molecule has 0 heterocycles. The molecule has 0 aliphatic heterocycles. The second-order valence-corrected chi connectivity index (χ2v) is 10.7. The van der Waals surface area contributed by atoms with Crippen molar-refractivity contribution < 1.29 is 29.3 Å². The highest BCUT2D eigenvalue weighted by Crippen LogP contribution is 2.67. The predicted octanol–water partition coefficient (Wildman–Crippen LogP) is 2.98. The van der Waals surface area contributed by atoms with E-state index in [9.17, 15) is 19.8 Å². The Morgan fingerprint density at radius 3 is 2.28 bits per heavy atom. The summed E-state index contributed by atoms with van der Waals surface area (Å²) in [5.41, 5.74) is -1.67. The molecule has 4 rings (SSSR count). The van der Waals surface area contributed by atoms with E-state index in [0.717, 1.165) is 38.5 Å². The van der Waals surface area contributed by atoms with Crippen LogP contribution in [0.5, 0.6) is 0 Å². The minimum atomic E-state index is -1.23. The highest BCUT2D eigenvalue weighted by Gasteiger charge is 2.68. The Morgan fingerprint density at radius 2 is 1.62 bits per heavy atom. The number of ether oxygens (including phenoxy) is 2. The predicted molar refractivity (Wildman–Crippen MR) is 106 cm³/mol. The zero-order valence-electron chi connectivity index (χ0n) is 18.1. The highest BCUT2D eigenvalue weighted by molar-refractivity contribution is 5.66. The Morgan fingerprint density at radius 1 is 0.931 bits per heavy atom. The van der Waals surface area contributed by atoms with Crippen LogP contribution in [0, 0.1) is 28.6 Å². The van der Waals surface area contributed by atoms with Crippen LogP contribution in [-0.4, -0.2) is 46.1 Å². The lowest BCUT2D eigenvalue weighted by Crippen LogP contribution is -2.68. The van der Waals surface area contributed by atoms with Crippen LogP contribution in [0.3, 0.4) is 0 Å². The maximum atomic E-state index is 11.7. The van der Waals surface area contributed by atoms with Gasteiger partial charge in [-0.05, 0) is 62.7 Å². The van der Waals surface area contributed by atoms with Crippen molar-refractivity contribution in [3.63, 3.8) is 0 Å². The molecule has 2 N–H and O–H groups in total. The van der Waals surface area contributed by atoms with Crippen LogP contribution < -0.4 is 0 Å². The third-order valence-electron chi connectivity index (χ3n) is 9.37. The first-order valence-corrected chi connectivity index (χ1v) is 11.3. The Kier molecular flexibility index (Phi) is 5.05. The van der Waals surface area contributed by atoms with Crippen LogP contribution in [0.25, 0.3) is 0 Å². The largest absolute Gasteiger partial charge is 0.462 e. The molecular formula is C23H36O6. The van der Waals surface area contributed by atoms with E-state index < -0.39 is 17.1 Å². The van der Waals surface area contributed by atoms with E-state index in [2.05, 4.69) is 13.8 Å². The maximum absolute atomic E-state index is 11.7. The highest BCUT2D eigenvalue weighted by atomic mass is 16.5. The number of esters is 2. The lowest BCUT2D eigenvalue weighted by atomic mass is 9.43. The van der Waals surface area contributed by atoms with Crippen molar-refractivity contribution in [2.75, 3.05) is 0 Å². The number of aliphatic hydroxyl groups excluding tert-OH is 1. The van der Waals surface area contributed by atoms with Gasteiger partial charge in [-0.2, -0.15) is 0 Å². The number of carbonyl (C=O) groups is 2. The summed E-state index contributed by atoms with van der Waals surface area (Å²) in [7, 11) is 0. The fraction of sp³-hybridized carbons (Fsp3) is 0.913. The third-order valence-corrected chi connectivity index (χ3v) is 9.37. The molecule has 0 aromatic heterocycles. The van der Waals surface area contributed by atoms with E-state index in [1.807, 2.05) is 0 Å². The van der Waals surface area contributed by atoms with Gasteiger partial charge in [-0.1, -0.05) is 13.8 Å². The first-order chi connectivity index (χ1) is 13.5. The number of aliphatic hydroxyl groups is 2. The molecule has 0 spiro atoms. The average molecular weight is 409 g/mol. The molecule has 29 heavy (non-hydrogen) atoms. The van der Waals surface area contributed by atoms with Gasteiger partial charge in [0.05, 0.1) is 11.7 Å². The Balaban J connectivity index is 1.60. The lowest BCUT2D eigenvalue weighted by Gasteiger charge is -2.65. The molecule has 0 aromatic rings. The molecule has 9 atom stereocenters. The number of fused-ring (bicyclic) bond motifs is 5. The summed E-state index contributed by atoms with van der Waals surface area (Å²) < 4.78 is 11.1. The monoisotopic (exact) mass is 408 g/mol. The molecule has 4 aliphatic carbocycles. The molecule has 0 unspecified atom stereocenters. The lowest BCUT2D eigenvalue weighted by molar-refractivity contribution is -0.267. The quantitative estimate of drug-likeness (QED) is 0.683. The second-order valence-electron chi connectivity index (χ2n) is 10.7. The molecule has 0 saturated heterocycles. The zero-order chi connectivity index (χ0) is 21.2. The molecular weight excluding hydrogens is 372 g/mol. The number of rotatable bonds is 2. The van der Waals surface area contributed by atoms with Gasteiger partial charge in [-0.15, -0.1) is 0 Å². The molecule has 0 bridgehead atoms. The van der Waals surface area contributed by atoms with Crippen molar-refractivity contribution in [3.8, 4) is 0 Å². The summed E-state index contributed by atoms with van der Waals surface area (Å²) in [5, 5.41) is 22.9. The van der Waals surface area contributed by atoms with Crippen LogP contribution in [0.1, 0.15) is 79.1 Å². The van der Waals surface area contributed by atoms with Gasteiger partial charge in [0.25, 0.3) is 0 Å².